The molecule has 2 aromatic heterocycles. The number of ether oxygens (including phenoxy) is 1. The summed E-state index contributed by atoms with van der Waals surface area (Å²) in [6.45, 7) is 5.58. The molecular weight excluding hydrogens is 392 g/mol. The zero-order valence-corrected chi connectivity index (χ0v) is 18.3. The summed E-state index contributed by atoms with van der Waals surface area (Å²) in [6, 6.07) is 10.1. The maximum atomic E-state index is 12.3. The zero-order valence-electron chi connectivity index (χ0n) is 18.3. The van der Waals surface area contributed by atoms with Gasteiger partial charge in [0, 0.05) is 23.9 Å². The number of carbonyl (C=O) groups excluding carboxylic acids is 2. The molecule has 0 aliphatic heterocycles. The lowest BCUT2D eigenvalue weighted by Gasteiger charge is -2.26. The summed E-state index contributed by atoms with van der Waals surface area (Å²) >= 11 is 0. The molecule has 7 heteroatoms. The number of hydrogen-bond donors (Lipinski definition) is 1. The van der Waals surface area contributed by atoms with E-state index in [-0.39, 0.29) is 25.0 Å². The first-order valence-corrected chi connectivity index (χ1v) is 10.8. The van der Waals surface area contributed by atoms with E-state index >= 15 is 0 Å². The van der Waals surface area contributed by atoms with Crippen LogP contribution in [0.4, 0.5) is 0 Å². The number of nitrogens with one attached hydrogen (secondary N) is 1. The van der Waals surface area contributed by atoms with E-state index in [9.17, 15) is 9.59 Å². The van der Waals surface area contributed by atoms with Gasteiger partial charge >= 0.3 is 5.97 Å². The normalized spacial score (nSPS) is 15.5. The summed E-state index contributed by atoms with van der Waals surface area (Å²) < 4.78 is 7.04. The third-order valence-corrected chi connectivity index (χ3v) is 5.93. The highest BCUT2D eigenvalue weighted by molar-refractivity contribution is 5.81. The fourth-order valence-electron chi connectivity index (χ4n) is 4.39. The molecule has 1 aliphatic carbocycles. The molecule has 1 aromatic carbocycles. The van der Waals surface area contributed by atoms with Gasteiger partial charge in [0.2, 0.25) is 0 Å². The number of carbonyl (C=O) groups is 2. The van der Waals surface area contributed by atoms with Gasteiger partial charge in [0.25, 0.3) is 5.91 Å². The largest absolute Gasteiger partial charge is 0.456 e. The first kappa shape index (κ1) is 21.0. The monoisotopic (exact) mass is 420 g/mol. The molecule has 0 fully saturated rings. The molecule has 1 atom stereocenters. The Morgan fingerprint density at radius 2 is 2.03 bits per heavy atom. The molecule has 1 N–H and O–H groups in total. The number of hydrogen-bond acceptors (Lipinski definition) is 5. The van der Waals surface area contributed by atoms with E-state index in [1.54, 1.807) is 4.52 Å². The number of benzene rings is 1. The zero-order chi connectivity index (χ0) is 22.0. The van der Waals surface area contributed by atoms with Crippen molar-refractivity contribution in [3.05, 3.63) is 64.1 Å². The molecule has 4 rings (SSSR count). The Morgan fingerprint density at radius 3 is 2.87 bits per heavy atom. The van der Waals surface area contributed by atoms with Gasteiger partial charge in [-0.15, -0.1) is 0 Å². The van der Waals surface area contributed by atoms with Crippen molar-refractivity contribution in [1.82, 2.24) is 19.9 Å². The van der Waals surface area contributed by atoms with E-state index < -0.39 is 5.97 Å². The Balaban J connectivity index is 1.30. The molecule has 0 unspecified atom stereocenters. The fraction of sp³-hybridized carbons (Fsp3) is 0.417. The Labute approximate surface area is 181 Å². The van der Waals surface area contributed by atoms with E-state index in [0.717, 1.165) is 53.1 Å². The standard InChI is InChI=1S/C24H28N4O3/c1-15-13-22-25-16(2)19(17(3)28(22)27-15)11-12-24(30)31-14-23(29)26-21-10-6-8-18-7-4-5-9-20(18)21/h4-5,7,9,13,21H,6,8,10-12,14H2,1-3H3,(H,26,29)/t21-/m0/s1. The van der Waals surface area contributed by atoms with Gasteiger partial charge in [0.1, 0.15) is 0 Å². The molecule has 2 heterocycles. The van der Waals surface area contributed by atoms with Gasteiger partial charge < -0.3 is 10.1 Å². The van der Waals surface area contributed by atoms with Gasteiger partial charge in [-0.2, -0.15) is 5.10 Å². The molecule has 0 bridgehead atoms. The minimum absolute atomic E-state index is 0.0169. The first-order chi connectivity index (χ1) is 14.9. The van der Waals surface area contributed by atoms with Crippen LogP contribution in [0.2, 0.25) is 0 Å². The van der Waals surface area contributed by atoms with E-state index in [4.69, 9.17) is 4.74 Å². The van der Waals surface area contributed by atoms with Crippen molar-refractivity contribution in [3.8, 4) is 0 Å². The second-order valence-corrected chi connectivity index (χ2v) is 8.19. The van der Waals surface area contributed by atoms with Crippen molar-refractivity contribution in [2.45, 2.75) is 58.9 Å². The summed E-state index contributed by atoms with van der Waals surface area (Å²) in [5.74, 6) is -0.660. The molecule has 1 aliphatic rings. The lowest BCUT2D eigenvalue weighted by atomic mass is 9.88. The minimum atomic E-state index is -0.394. The average molecular weight is 421 g/mol. The van der Waals surface area contributed by atoms with Crippen LogP contribution in [0.3, 0.4) is 0 Å². The predicted molar refractivity (Wildman–Crippen MR) is 117 cm³/mol. The van der Waals surface area contributed by atoms with Crippen LogP contribution < -0.4 is 5.32 Å². The topological polar surface area (TPSA) is 85.6 Å². The second-order valence-electron chi connectivity index (χ2n) is 8.19. The molecule has 0 saturated heterocycles. The van der Waals surface area contributed by atoms with Crippen molar-refractivity contribution < 1.29 is 14.3 Å². The van der Waals surface area contributed by atoms with Crippen LogP contribution in [0.25, 0.3) is 5.65 Å². The third-order valence-electron chi connectivity index (χ3n) is 5.93. The van der Waals surface area contributed by atoms with Gasteiger partial charge in [-0.25, -0.2) is 9.50 Å². The molecule has 3 aromatic rings. The number of aryl methyl sites for hydroxylation is 4. The lowest BCUT2D eigenvalue weighted by Crippen LogP contribution is -2.34. The molecular formula is C24H28N4O3. The van der Waals surface area contributed by atoms with E-state index in [1.165, 1.54) is 5.56 Å². The molecule has 0 radical (unpaired) electrons. The Kier molecular flexibility index (Phi) is 6.02. The maximum absolute atomic E-state index is 12.3. The number of rotatable bonds is 6. The summed E-state index contributed by atoms with van der Waals surface area (Å²) in [5.41, 5.74) is 6.98. The molecule has 162 valence electrons. The summed E-state index contributed by atoms with van der Waals surface area (Å²) in [4.78, 5) is 29.2. The quantitative estimate of drug-likeness (QED) is 0.618. The fourth-order valence-corrected chi connectivity index (χ4v) is 4.39. The van der Waals surface area contributed by atoms with Crippen LogP contribution in [0.15, 0.2) is 30.3 Å². The van der Waals surface area contributed by atoms with E-state index in [1.807, 2.05) is 39.0 Å². The van der Waals surface area contributed by atoms with Gasteiger partial charge in [-0.1, -0.05) is 24.3 Å². The number of fused-ring (bicyclic) bond motifs is 2. The average Bonchev–Trinajstić information content (AvgIpc) is 3.12. The molecule has 7 nitrogen and oxygen atoms in total. The first-order valence-electron chi connectivity index (χ1n) is 10.8. The van der Waals surface area contributed by atoms with Crippen LogP contribution in [0, 0.1) is 20.8 Å². The summed E-state index contributed by atoms with van der Waals surface area (Å²) in [6.07, 6.45) is 3.66. The molecule has 1 amide bonds. The van der Waals surface area contributed by atoms with Gasteiger partial charge in [-0.3, -0.25) is 9.59 Å². The van der Waals surface area contributed by atoms with Crippen LogP contribution in [-0.4, -0.2) is 33.1 Å². The van der Waals surface area contributed by atoms with Crippen molar-refractivity contribution in [1.29, 1.82) is 0 Å². The van der Waals surface area contributed by atoms with Crippen LogP contribution in [0.5, 0.6) is 0 Å². The van der Waals surface area contributed by atoms with Crippen molar-refractivity contribution in [2.24, 2.45) is 0 Å². The second kappa shape index (κ2) is 8.88. The minimum Gasteiger partial charge on any atom is -0.456 e. The number of nitrogens with zero attached hydrogens (tertiary/aromatic N) is 3. The highest BCUT2D eigenvalue weighted by atomic mass is 16.5. The van der Waals surface area contributed by atoms with Crippen molar-refractivity contribution >= 4 is 17.5 Å². The number of esters is 1. The smallest absolute Gasteiger partial charge is 0.306 e. The van der Waals surface area contributed by atoms with Crippen LogP contribution in [-0.2, 0) is 27.2 Å². The number of aromatic nitrogens is 3. The van der Waals surface area contributed by atoms with Gasteiger partial charge in [0.15, 0.2) is 12.3 Å². The molecule has 0 spiro atoms. The van der Waals surface area contributed by atoms with Gasteiger partial charge in [-0.05, 0) is 63.1 Å². The Hall–Kier alpha value is -3.22. The van der Waals surface area contributed by atoms with Crippen molar-refractivity contribution in [2.75, 3.05) is 6.61 Å². The molecule has 31 heavy (non-hydrogen) atoms. The lowest BCUT2D eigenvalue weighted by molar-refractivity contribution is -0.148. The number of amides is 1. The van der Waals surface area contributed by atoms with Crippen molar-refractivity contribution in [3.63, 3.8) is 0 Å². The van der Waals surface area contributed by atoms with Gasteiger partial charge in [0.05, 0.1) is 11.7 Å². The summed E-state index contributed by atoms with van der Waals surface area (Å²) in [5, 5.41) is 7.46. The van der Waals surface area contributed by atoms with Crippen LogP contribution in [0.1, 0.15) is 59.1 Å². The Morgan fingerprint density at radius 1 is 1.23 bits per heavy atom. The highest BCUT2D eigenvalue weighted by Crippen LogP contribution is 2.29. The molecule has 0 saturated carbocycles. The highest BCUT2D eigenvalue weighted by Gasteiger charge is 2.22. The summed E-state index contributed by atoms with van der Waals surface area (Å²) in [7, 11) is 0. The van der Waals surface area contributed by atoms with E-state index in [2.05, 4.69) is 27.5 Å². The Bertz CT molecular complexity index is 1140. The SMILES string of the molecule is Cc1cc2nc(C)c(CCC(=O)OCC(=O)N[C@H]3CCCc4ccccc43)c(C)n2n1. The van der Waals surface area contributed by atoms with E-state index in [0.29, 0.717) is 6.42 Å². The third kappa shape index (κ3) is 4.60. The maximum Gasteiger partial charge on any atom is 0.306 e. The van der Waals surface area contributed by atoms with Crippen LogP contribution >= 0.6 is 0 Å². The predicted octanol–water partition coefficient (Wildman–Crippen LogP) is 3.32.